The molecule has 1 aliphatic heterocycles. The molecular weight excluding hydrogens is 426 g/mol. The Balaban J connectivity index is 1.60. The number of fused-ring (bicyclic) bond motifs is 5. The van der Waals surface area contributed by atoms with Gasteiger partial charge in [-0.25, -0.2) is 4.79 Å². The molecule has 0 bridgehead atoms. The minimum absolute atomic E-state index is 0.00618. The first kappa shape index (κ1) is 20.7. The minimum atomic E-state index is -0.0690. The molecule has 6 heteroatoms. The molecule has 0 saturated heterocycles. The van der Waals surface area contributed by atoms with Crippen molar-refractivity contribution in [3.05, 3.63) is 68.8 Å². The van der Waals surface area contributed by atoms with Crippen LogP contribution in [0.25, 0.3) is 5.00 Å². The van der Waals surface area contributed by atoms with E-state index in [1.165, 1.54) is 39.5 Å². The van der Waals surface area contributed by atoms with Crippen molar-refractivity contribution >= 4 is 34.7 Å². The molecule has 1 aromatic carbocycles. The molecule has 5 rings (SSSR count). The lowest BCUT2D eigenvalue weighted by atomic mass is 9.94. The number of carbonyl (C=O) groups excluding carboxylic acids is 1. The lowest BCUT2D eigenvalue weighted by molar-refractivity contribution is 0.161. The molecule has 1 N–H and O–H groups in total. The second-order valence-electron chi connectivity index (χ2n) is 8.96. The van der Waals surface area contributed by atoms with Gasteiger partial charge in [-0.3, -0.25) is 0 Å². The topological polar surface area (TPSA) is 37.3 Å². The van der Waals surface area contributed by atoms with Crippen LogP contribution in [0, 0.1) is 12.8 Å². The van der Waals surface area contributed by atoms with Crippen LogP contribution in [0.15, 0.2) is 36.5 Å². The summed E-state index contributed by atoms with van der Waals surface area (Å²) in [6.07, 6.45) is 6.93. The zero-order valence-corrected chi connectivity index (χ0v) is 19.8. The predicted molar refractivity (Wildman–Crippen MR) is 129 cm³/mol. The quantitative estimate of drug-likeness (QED) is 0.440. The van der Waals surface area contributed by atoms with E-state index in [9.17, 15) is 4.79 Å². The van der Waals surface area contributed by atoms with Crippen LogP contribution in [0.1, 0.15) is 60.0 Å². The molecule has 4 nitrogen and oxygen atoms in total. The van der Waals surface area contributed by atoms with E-state index in [0.29, 0.717) is 11.6 Å². The lowest BCUT2D eigenvalue weighted by Crippen LogP contribution is -2.39. The number of amides is 2. The molecule has 0 saturated carbocycles. The summed E-state index contributed by atoms with van der Waals surface area (Å²) in [6, 6.07) is 9.85. The van der Waals surface area contributed by atoms with E-state index in [0.717, 1.165) is 24.1 Å². The van der Waals surface area contributed by atoms with Crippen molar-refractivity contribution in [1.82, 2.24) is 9.47 Å². The van der Waals surface area contributed by atoms with E-state index in [1.807, 2.05) is 41.4 Å². The highest BCUT2D eigenvalue weighted by Crippen LogP contribution is 2.44. The molecule has 0 fully saturated rings. The van der Waals surface area contributed by atoms with Crippen molar-refractivity contribution in [1.29, 1.82) is 0 Å². The molecule has 2 amide bonds. The van der Waals surface area contributed by atoms with Gasteiger partial charge in [0.2, 0.25) is 0 Å². The third-order valence-corrected chi connectivity index (χ3v) is 8.37. The zero-order chi connectivity index (χ0) is 21.7. The van der Waals surface area contributed by atoms with Gasteiger partial charge in [-0.1, -0.05) is 31.5 Å². The summed E-state index contributed by atoms with van der Waals surface area (Å²) in [5, 5.41) is 5.12. The fraction of sp³-hybridized carbons (Fsp3) is 0.400. The van der Waals surface area contributed by atoms with Gasteiger partial charge < -0.3 is 14.8 Å². The van der Waals surface area contributed by atoms with Gasteiger partial charge in [0.25, 0.3) is 0 Å². The van der Waals surface area contributed by atoms with Crippen LogP contribution < -0.4 is 5.32 Å². The van der Waals surface area contributed by atoms with E-state index >= 15 is 0 Å². The lowest BCUT2D eigenvalue weighted by Gasteiger charge is -2.33. The number of halogens is 1. The maximum absolute atomic E-state index is 13.7. The fourth-order valence-electron chi connectivity index (χ4n) is 5.05. The van der Waals surface area contributed by atoms with Crippen molar-refractivity contribution < 1.29 is 4.79 Å². The number of aromatic nitrogens is 1. The van der Waals surface area contributed by atoms with E-state index in [4.69, 9.17) is 11.6 Å². The Labute approximate surface area is 192 Å². The largest absolute Gasteiger partial charge is 0.322 e. The first-order chi connectivity index (χ1) is 15.0. The zero-order valence-electron chi connectivity index (χ0n) is 18.2. The van der Waals surface area contributed by atoms with E-state index in [1.54, 1.807) is 0 Å². The summed E-state index contributed by atoms with van der Waals surface area (Å²) in [5.74, 6) is 0.282. The van der Waals surface area contributed by atoms with E-state index in [2.05, 4.69) is 42.1 Å². The molecule has 0 unspecified atom stereocenters. The Bertz CT molecular complexity index is 1150. The Hall–Kier alpha value is -2.24. The first-order valence-corrected chi connectivity index (χ1v) is 12.3. The SMILES string of the molecule is Cc1c(Cl)cccc1NC(=O)N1Cc2c(sc3c2CCCC3)-n2cccc2[C@H]1C(C)C. The molecule has 3 heterocycles. The number of nitrogens with zero attached hydrogens (tertiary/aromatic N) is 2. The number of urea groups is 1. The summed E-state index contributed by atoms with van der Waals surface area (Å²) >= 11 is 8.23. The number of anilines is 1. The highest BCUT2D eigenvalue weighted by molar-refractivity contribution is 7.15. The molecule has 2 aliphatic rings. The van der Waals surface area contributed by atoms with Crippen LogP contribution >= 0.6 is 22.9 Å². The smallest absolute Gasteiger partial charge is 0.311 e. The standard InChI is InChI=1S/C25H28ClN3OS/c1-15(2)23-21-11-7-13-28(21)24-18(17-8-4-5-12-22(17)31-24)14-29(23)25(30)27-20-10-6-9-19(26)16(20)3/h6-7,9-11,13,15,23H,4-5,8,12,14H2,1-3H3,(H,27,30)/t23-/m1/s1. The Kier molecular flexibility index (Phi) is 5.35. The Morgan fingerprint density at radius 1 is 1.16 bits per heavy atom. The van der Waals surface area contributed by atoms with Crippen LogP contribution in [0.4, 0.5) is 10.5 Å². The molecule has 2 aromatic heterocycles. The van der Waals surface area contributed by atoms with Crippen LogP contribution in [0.5, 0.6) is 0 Å². The maximum Gasteiger partial charge on any atom is 0.322 e. The predicted octanol–water partition coefficient (Wildman–Crippen LogP) is 7.12. The third kappa shape index (κ3) is 3.48. The monoisotopic (exact) mass is 453 g/mol. The molecule has 0 radical (unpaired) electrons. The number of thiophene rings is 1. The van der Waals surface area contributed by atoms with E-state index < -0.39 is 0 Å². The van der Waals surface area contributed by atoms with Gasteiger partial charge in [0.1, 0.15) is 5.00 Å². The number of aryl methyl sites for hydroxylation is 1. The van der Waals surface area contributed by atoms with Crippen LogP contribution in [0.3, 0.4) is 0 Å². The average Bonchev–Trinajstić information content (AvgIpc) is 3.32. The third-order valence-electron chi connectivity index (χ3n) is 6.63. The van der Waals surface area contributed by atoms with Crippen LogP contribution in [-0.2, 0) is 19.4 Å². The Morgan fingerprint density at radius 2 is 1.97 bits per heavy atom. The Morgan fingerprint density at radius 3 is 2.77 bits per heavy atom. The summed E-state index contributed by atoms with van der Waals surface area (Å²) < 4.78 is 2.33. The number of hydrogen-bond donors (Lipinski definition) is 1. The number of hydrogen-bond acceptors (Lipinski definition) is 2. The summed E-state index contributed by atoms with van der Waals surface area (Å²) in [6.45, 7) is 6.97. The number of nitrogens with one attached hydrogen (secondary N) is 1. The van der Waals surface area contributed by atoms with Gasteiger partial charge >= 0.3 is 6.03 Å². The summed E-state index contributed by atoms with van der Waals surface area (Å²) in [7, 11) is 0. The fourth-order valence-corrected chi connectivity index (χ4v) is 6.63. The minimum Gasteiger partial charge on any atom is -0.311 e. The highest BCUT2D eigenvalue weighted by atomic mass is 35.5. The number of carbonyl (C=O) groups is 1. The normalized spacial score (nSPS) is 17.7. The van der Waals surface area contributed by atoms with Crippen LogP contribution in [0.2, 0.25) is 5.02 Å². The molecule has 1 atom stereocenters. The highest BCUT2D eigenvalue weighted by Gasteiger charge is 2.36. The van der Waals surface area contributed by atoms with Gasteiger partial charge in [0.15, 0.2) is 0 Å². The van der Waals surface area contributed by atoms with Gasteiger partial charge in [-0.2, -0.15) is 0 Å². The number of rotatable bonds is 2. The molecule has 1 aliphatic carbocycles. The van der Waals surface area contributed by atoms with Crippen molar-refractivity contribution in [3.8, 4) is 5.00 Å². The van der Waals surface area contributed by atoms with Gasteiger partial charge in [-0.05, 0) is 73.9 Å². The second-order valence-corrected chi connectivity index (χ2v) is 10.4. The van der Waals surface area contributed by atoms with Gasteiger partial charge in [0, 0.05) is 33.0 Å². The number of benzene rings is 1. The first-order valence-electron chi connectivity index (χ1n) is 11.1. The van der Waals surface area contributed by atoms with E-state index in [-0.39, 0.29) is 18.0 Å². The molecule has 162 valence electrons. The molecule has 3 aromatic rings. The summed E-state index contributed by atoms with van der Waals surface area (Å²) in [4.78, 5) is 17.2. The maximum atomic E-state index is 13.7. The van der Waals surface area contributed by atoms with Gasteiger partial charge in [0.05, 0.1) is 12.6 Å². The average molecular weight is 454 g/mol. The van der Waals surface area contributed by atoms with Crippen molar-refractivity contribution in [2.45, 2.75) is 59.0 Å². The second kappa shape index (κ2) is 8.03. The molecule has 31 heavy (non-hydrogen) atoms. The van der Waals surface area contributed by atoms with Crippen molar-refractivity contribution in [3.63, 3.8) is 0 Å². The summed E-state index contributed by atoms with van der Waals surface area (Å²) in [5.41, 5.74) is 5.66. The van der Waals surface area contributed by atoms with Crippen molar-refractivity contribution in [2.24, 2.45) is 5.92 Å². The van der Waals surface area contributed by atoms with Crippen LogP contribution in [-0.4, -0.2) is 15.5 Å². The molecular formula is C25H28ClN3OS. The van der Waals surface area contributed by atoms with Crippen molar-refractivity contribution in [2.75, 3.05) is 5.32 Å². The van der Waals surface area contributed by atoms with Gasteiger partial charge in [-0.15, -0.1) is 11.3 Å². The molecule has 0 spiro atoms.